The molecule has 0 radical (unpaired) electrons. The second-order valence-corrected chi connectivity index (χ2v) is 10.0. The van der Waals surface area contributed by atoms with Crippen LogP contribution >= 0.6 is 11.3 Å². The number of anilines is 2. The molecule has 2 amide bonds. The normalized spacial score (nSPS) is 15.7. The molecule has 1 fully saturated rings. The van der Waals surface area contributed by atoms with Crippen molar-refractivity contribution in [2.24, 2.45) is 5.92 Å². The highest BCUT2D eigenvalue weighted by Gasteiger charge is 2.27. The molecule has 2 heterocycles. The van der Waals surface area contributed by atoms with Crippen molar-refractivity contribution in [3.63, 3.8) is 0 Å². The molecule has 0 aliphatic heterocycles. The Morgan fingerprint density at radius 1 is 1.15 bits per heavy atom. The minimum atomic E-state index is -2.21. The molecular formula is C23H24N4O4S2. The maximum absolute atomic E-state index is 13.0. The number of Topliss-reactive ketones (excluding diaryl/α,β-unsaturated/α-hetero) is 1. The summed E-state index contributed by atoms with van der Waals surface area (Å²) in [5.74, 6) is 0.0616. The molecule has 0 saturated heterocycles. The van der Waals surface area contributed by atoms with Crippen LogP contribution in [0.1, 0.15) is 57.4 Å². The number of aromatic nitrogens is 2. The van der Waals surface area contributed by atoms with Crippen molar-refractivity contribution in [1.82, 2.24) is 9.97 Å². The van der Waals surface area contributed by atoms with Gasteiger partial charge in [-0.3, -0.25) is 15.1 Å². The smallest absolute Gasteiger partial charge is 0.307 e. The van der Waals surface area contributed by atoms with Gasteiger partial charge in [0.25, 0.3) is 0 Å². The fourth-order valence-corrected chi connectivity index (χ4v) is 5.78. The lowest BCUT2D eigenvalue weighted by atomic mass is 9.94. The molecule has 1 aliphatic rings. The molecule has 4 rings (SSSR count). The predicted octanol–water partition coefficient (Wildman–Crippen LogP) is 5.17. The Kier molecular flexibility index (Phi) is 7.26. The Hall–Kier alpha value is -2.95. The lowest BCUT2D eigenvalue weighted by Gasteiger charge is -2.14. The monoisotopic (exact) mass is 484 g/mol. The molecule has 3 N–H and O–H groups in total. The number of aryl methyl sites for hydroxylation is 1. The summed E-state index contributed by atoms with van der Waals surface area (Å²) in [5, 5.41) is 4.81. The Labute approximate surface area is 198 Å². The van der Waals surface area contributed by atoms with E-state index in [0.29, 0.717) is 21.8 Å². The van der Waals surface area contributed by atoms with Crippen LogP contribution in [-0.2, 0) is 11.1 Å². The van der Waals surface area contributed by atoms with E-state index in [-0.39, 0.29) is 16.8 Å². The van der Waals surface area contributed by atoms with E-state index in [9.17, 15) is 18.4 Å². The summed E-state index contributed by atoms with van der Waals surface area (Å²) in [6.07, 6.45) is 6.86. The fourth-order valence-electron chi connectivity index (χ4n) is 3.97. The first-order valence-electron chi connectivity index (χ1n) is 10.6. The number of pyridine rings is 1. The van der Waals surface area contributed by atoms with Gasteiger partial charge < -0.3 is 9.87 Å². The number of benzene rings is 1. The van der Waals surface area contributed by atoms with Crippen molar-refractivity contribution in [3.05, 3.63) is 70.5 Å². The van der Waals surface area contributed by atoms with Crippen molar-refractivity contribution >= 4 is 45.1 Å². The van der Waals surface area contributed by atoms with Crippen molar-refractivity contribution in [2.45, 2.75) is 37.9 Å². The molecule has 8 nitrogen and oxygen atoms in total. The van der Waals surface area contributed by atoms with E-state index in [1.54, 1.807) is 30.5 Å². The molecule has 1 aliphatic carbocycles. The van der Waals surface area contributed by atoms with Crippen molar-refractivity contribution in [1.29, 1.82) is 0 Å². The third-order valence-corrected chi connectivity index (χ3v) is 7.60. The summed E-state index contributed by atoms with van der Waals surface area (Å²) >= 11 is -1.11. The quantitative estimate of drug-likeness (QED) is 0.314. The number of thiazole rings is 1. The fraction of sp³-hybridized carbons (Fsp3) is 0.304. The summed E-state index contributed by atoms with van der Waals surface area (Å²) in [6.45, 7) is 1.91. The zero-order chi connectivity index (χ0) is 23.4. The minimum Gasteiger partial charge on any atom is -0.307 e. The number of carbonyl (C=O) groups is 2. The van der Waals surface area contributed by atoms with Gasteiger partial charge in [-0.05, 0) is 44.0 Å². The second kappa shape index (κ2) is 10.3. The number of nitrogens with one attached hydrogen (secondary N) is 2. The Morgan fingerprint density at radius 3 is 2.64 bits per heavy atom. The number of rotatable bonds is 7. The van der Waals surface area contributed by atoms with Gasteiger partial charge in [0.15, 0.2) is 22.0 Å². The average molecular weight is 485 g/mol. The number of amides is 2. The number of ketones is 1. The van der Waals surface area contributed by atoms with Crippen molar-refractivity contribution in [3.8, 4) is 0 Å². The largest absolute Gasteiger partial charge is 0.325 e. The van der Waals surface area contributed by atoms with Gasteiger partial charge in [-0.15, -0.1) is 0 Å². The van der Waals surface area contributed by atoms with Gasteiger partial charge in [-0.2, -0.15) is 0 Å². The van der Waals surface area contributed by atoms with E-state index >= 15 is 0 Å². The number of hydrogen-bond acceptors (Lipinski definition) is 6. The van der Waals surface area contributed by atoms with E-state index in [1.165, 1.54) is 6.20 Å². The average Bonchev–Trinajstić information content (AvgIpc) is 3.48. The molecule has 2 aromatic heterocycles. The van der Waals surface area contributed by atoms with Crippen LogP contribution in [0.2, 0.25) is 0 Å². The molecule has 0 spiro atoms. The predicted molar refractivity (Wildman–Crippen MR) is 129 cm³/mol. The maximum Gasteiger partial charge on any atom is 0.325 e. The molecule has 172 valence electrons. The van der Waals surface area contributed by atoms with Crippen LogP contribution in [-0.4, -0.2) is 30.5 Å². The number of carbonyl (C=O) groups excluding carboxylic acids is 2. The SMILES string of the molecule is Cc1ccc(NC(=O)Nc2ncc(C(c3ccccn3)S(=O)O)s2)c(C(=O)C2CCCC2)c1. The number of hydrogen-bond donors (Lipinski definition) is 3. The molecule has 1 saturated carbocycles. The zero-order valence-corrected chi connectivity index (χ0v) is 19.6. The van der Waals surface area contributed by atoms with Gasteiger partial charge in [-0.25, -0.2) is 14.0 Å². The van der Waals surface area contributed by atoms with Crippen LogP contribution in [0.4, 0.5) is 15.6 Å². The van der Waals surface area contributed by atoms with Crippen LogP contribution in [0, 0.1) is 12.8 Å². The van der Waals surface area contributed by atoms with Gasteiger partial charge in [0.05, 0.1) is 16.3 Å². The van der Waals surface area contributed by atoms with E-state index in [4.69, 9.17) is 0 Å². The summed E-state index contributed by atoms with van der Waals surface area (Å²) in [7, 11) is 0. The van der Waals surface area contributed by atoms with E-state index in [2.05, 4.69) is 20.6 Å². The van der Waals surface area contributed by atoms with Gasteiger partial charge in [0, 0.05) is 23.9 Å². The first-order chi connectivity index (χ1) is 15.9. The van der Waals surface area contributed by atoms with Crippen LogP contribution in [0.25, 0.3) is 0 Å². The lowest BCUT2D eigenvalue weighted by Crippen LogP contribution is -2.22. The molecule has 3 aromatic rings. The van der Waals surface area contributed by atoms with Crippen LogP contribution in [0.5, 0.6) is 0 Å². The summed E-state index contributed by atoms with van der Waals surface area (Å²) in [6, 6.07) is 9.97. The molecule has 2 atom stereocenters. The van der Waals surface area contributed by atoms with Gasteiger partial charge in [0.2, 0.25) is 0 Å². The summed E-state index contributed by atoms with van der Waals surface area (Å²) < 4.78 is 21.7. The third-order valence-electron chi connectivity index (χ3n) is 5.58. The van der Waals surface area contributed by atoms with Crippen molar-refractivity contribution < 1.29 is 18.4 Å². The highest BCUT2D eigenvalue weighted by molar-refractivity contribution is 7.79. The third kappa shape index (κ3) is 5.52. The van der Waals surface area contributed by atoms with Crippen LogP contribution in [0.15, 0.2) is 48.8 Å². The lowest BCUT2D eigenvalue weighted by molar-refractivity contribution is 0.0923. The standard InChI is InChI=1S/C23H24N4O4S2/c1-14-9-10-17(16(12-14)20(28)15-6-2-3-7-15)26-22(29)27-23-25-13-19(32-23)21(33(30)31)18-8-4-5-11-24-18/h4-5,8-13,15,21H,2-3,6-7H2,1H3,(H,30,31)(H2,25,26,27,29). The maximum atomic E-state index is 13.0. The highest BCUT2D eigenvalue weighted by atomic mass is 32.2. The Morgan fingerprint density at radius 2 is 1.94 bits per heavy atom. The first-order valence-corrected chi connectivity index (χ1v) is 12.6. The van der Waals surface area contributed by atoms with E-state index < -0.39 is 22.4 Å². The molecule has 10 heteroatoms. The second-order valence-electron chi connectivity index (χ2n) is 7.95. The molecule has 1 aromatic carbocycles. The zero-order valence-electron chi connectivity index (χ0n) is 18.0. The Balaban J connectivity index is 1.49. The van der Waals surface area contributed by atoms with Gasteiger partial charge in [0.1, 0.15) is 5.25 Å². The number of nitrogens with zero attached hydrogens (tertiary/aromatic N) is 2. The van der Waals surface area contributed by atoms with Gasteiger partial charge in [-0.1, -0.05) is 41.9 Å². The van der Waals surface area contributed by atoms with E-state index in [0.717, 1.165) is 42.6 Å². The van der Waals surface area contributed by atoms with Crippen LogP contribution in [0.3, 0.4) is 0 Å². The van der Waals surface area contributed by atoms with Crippen LogP contribution < -0.4 is 10.6 Å². The minimum absolute atomic E-state index is 0.000173. The van der Waals surface area contributed by atoms with Crippen molar-refractivity contribution in [2.75, 3.05) is 10.6 Å². The topological polar surface area (TPSA) is 121 Å². The van der Waals surface area contributed by atoms with E-state index in [1.807, 2.05) is 19.1 Å². The molecule has 2 unspecified atom stereocenters. The van der Waals surface area contributed by atoms with Gasteiger partial charge >= 0.3 is 6.03 Å². The number of urea groups is 1. The summed E-state index contributed by atoms with van der Waals surface area (Å²) in [5.41, 5.74) is 2.36. The Bertz CT molecular complexity index is 1180. The molecular weight excluding hydrogens is 460 g/mol. The summed E-state index contributed by atoms with van der Waals surface area (Å²) in [4.78, 5) is 34.5. The highest BCUT2D eigenvalue weighted by Crippen LogP contribution is 2.33. The molecule has 0 bridgehead atoms. The first kappa shape index (κ1) is 23.2. The molecule has 33 heavy (non-hydrogen) atoms.